The molecule has 5 nitrogen and oxygen atoms in total. The molecular formula is C15H17ClN2O3. The average molecular weight is 309 g/mol. The topological polar surface area (TPSA) is 75.4 Å². The van der Waals surface area contributed by atoms with Crippen molar-refractivity contribution in [1.29, 1.82) is 0 Å². The molecule has 0 saturated carbocycles. The molecule has 2 N–H and O–H groups in total. The number of amides is 1. The molecule has 21 heavy (non-hydrogen) atoms. The lowest BCUT2D eigenvalue weighted by atomic mass is 9.96. The fourth-order valence-electron chi connectivity index (χ4n) is 2.11. The Bertz CT molecular complexity index is 647. The SMILES string of the molecule is Cc1cc(C(C)(O)CNC(=O)c2ccc(Cl)cn2)c(C)o1. The summed E-state index contributed by atoms with van der Waals surface area (Å²) in [5.41, 5.74) is -0.316. The van der Waals surface area contributed by atoms with Crippen LogP contribution in [0.3, 0.4) is 0 Å². The van der Waals surface area contributed by atoms with E-state index in [1.165, 1.54) is 12.3 Å². The van der Waals surface area contributed by atoms with Crippen LogP contribution in [0.2, 0.25) is 5.02 Å². The molecule has 1 amide bonds. The minimum Gasteiger partial charge on any atom is -0.466 e. The van der Waals surface area contributed by atoms with Gasteiger partial charge in [-0.05, 0) is 39.0 Å². The van der Waals surface area contributed by atoms with Crippen LogP contribution >= 0.6 is 11.6 Å². The van der Waals surface area contributed by atoms with E-state index < -0.39 is 5.60 Å². The van der Waals surface area contributed by atoms with E-state index in [0.717, 1.165) is 0 Å². The highest BCUT2D eigenvalue weighted by atomic mass is 35.5. The minimum absolute atomic E-state index is 0.0515. The Balaban J connectivity index is 2.06. The van der Waals surface area contributed by atoms with Crippen molar-refractivity contribution in [1.82, 2.24) is 10.3 Å². The first-order chi connectivity index (χ1) is 9.79. The zero-order valence-electron chi connectivity index (χ0n) is 12.1. The molecule has 1 atom stereocenters. The number of furan rings is 1. The number of halogens is 1. The highest BCUT2D eigenvalue weighted by molar-refractivity contribution is 6.30. The number of hydrogen-bond donors (Lipinski definition) is 2. The van der Waals surface area contributed by atoms with Crippen molar-refractivity contribution < 1.29 is 14.3 Å². The number of carbonyl (C=O) groups is 1. The Morgan fingerprint density at radius 3 is 2.71 bits per heavy atom. The summed E-state index contributed by atoms with van der Waals surface area (Å²) < 4.78 is 5.41. The average Bonchev–Trinajstić information content (AvgIpc) is 2.77. The van der Waals surface area contributed by atoms with Gasteiger partial charge in [0.1, 0.15) is 22.8 Å². The quantitative estimate of drug-likeness (QED) is 0.910. The van der Waals surface area contributed by atoms with Crippen LogP contribution in [-0.2, 0) is 5.60 Å². The molecule has 2 aromatic heterocycles. The third kappa shape index (κ3) is 3.62. The predicted octanol–water partition coefficient (Wildman–Crippen LogP) is 2.58. The van der Waals surface area contributed by atoms with Crippen molar-refractivity contribution in [3.05, 3.63) is 52.2 Å². The standard InChI is InChI=1S/C15H17ClN2O3/c1-9-6-12(10(2)21-9)15(3,20)8-18-14(19)13-5-4-11(16)7-17-13/h4-7,20H,8H2,1-3H3,(H,18,19). The lowest BCUT2D eigenvalue weighted by Gasteiger charge is -2.23. The van der Waals surface area contributed by atoms with Gasteiger partial charge in [0, 0.05) is 11.8 Å². The summed E-state index contributed by atoms with van der Waals surface area (Å²) in [5.74, 6) is 0.981. The van der Waals surface area contributed by atoms with Gasteiger partial charge in [0.05, 0.1) is 11.6 Å². The molecule has 2 aromatic rings. The van der Waals surface area contributed by atoms with Crippen molar-refractivity contribution in [3.8, 4) is 0 Å². The van der Waals surface area contributed by atoms with E-state index in [9.17, 15) is 9.90 Å². The second-order valence-electron chi connectivity index (χ2n) is 5.15. The Labute approximate surface area is 128 Å². The van der Waals surface area contributed by atoms with Crippen LogP contribution in [0.5, 0.6) is 0 Å². The number of carbonyl (C=O) groups excluding carboxylic acids is 1. The molecule has 0 spiro atoms. The lowest BCUT2D eigenvalue weighted by molar-refractivity contribution is 0.0512. The Morgan fingerprint density at radius 2 is 2.19 bits per heavy atom. The molecule has 0 bridgehead atoms. The first-order valence-corrected chi connectivity index (χ1v) is 6.87. The zero-order chi connectivity index (χ0) is 15.6. The van der Waals surface area contributed by atoms with E-state index in [1.807, 2.05) is 6.92 Å². The maximum atomic E-state index is 12.0. The number of nitrogens with one attached hydrogen (secondary N) is 1. The van der Waals surface area contributed by atoms with Crippen LogP contribution < -0.4 is 5.32 Å². The number of pyridine rings is 1. The summed E-state index contributed by atoms with van der Waals surface area (Å²) in [7, 11) is 0. The van der Waals surface area contributed by atoms with Gasteiger partial charge in [0.25, 0.3) is 5.91 Å². The van der Waals surface area contributed by atoms with E-state index in [-0.39, 0.29) is 18.1 Å². The van der Waals surface area contributed by atoms with Crippen LogP contribution in [0.4, 0.5) is 0 Å². The van der Waals surface area contributed by atoms with Crippen molar-refractivity contribution in [2.45, 2.75) is 26.4 Å². The fraction of sp³-hybridized carbons (Fsp3) is 0.333. The molecule has 2 rings (SSSR count). The highest BCUT2D eigenvalue weighted by Crippen LogP contribution is 2.26. The fourth-order valence-corrected chi connectivity index (χ4v) is 2.23. The predicted molar refractivity (Wildman–Crippen MR) is 79.3 cm³/mol. The number of aromatic nitrogens is 1. The molecule has 0 aromatic carbocycles. The number of hydrogen-bond acceptors (Lipinski definition) is 4. The van der Waals surface area contributed by atoms with Crippen LogP contribution in [0.15, 0.2) is 28.8 Å². The molecular weight excluding hydrogens is 292 g/mol. The number of nitrogens with zero attached hydrogens (tertiary/aromatic N) is 1. The van der Waals surface area contributed by atoms with Gasteiger partial charge in [-0.1, -0.05) is 11.6 Å². The van der Waals surface area contributed by atoms with E-state index in [1.54, 1.807) is 26.0 Å². The number of aryl methyl sites for hydroxylation is 2. The van der Waals surface area contributed by atoms with E-state index in [4.69, 9.17) is 16.0 Å². The van der Waals surface area contributed by atoms with E-state index in [2.05, 4.69) is 10.3 Å². The summed E-state index contributed by atoms with van der Waals surface area (Å²) in [6, 6.07) is 4.88. The summed E-state index contributed by atoms with van der Waals surface area (Å²) in [4.78, 5) is 15.9. The van der Waals surface area contributed by atoms with Gasteiger partial charge in [-0.2, -0.15) is 0 Å². The lowest BCUT2D eigenvalue weighted by Crippen LogP contribution is -2.39. The monoisotopic (exact) mass is 308 g/mol. The second kappa shape index (κ2) is 5.87. The molecule has 112 valence electrons. The minimum atomic E-state index is -1.22. The first-order valence-electron chi connectivity index (χ1n) is 6.49. The summed E-state index contributed by atoms with van der Waals surface area (Å²) in [5, 5.41) is 13.6. The van der Waals surface area contributed by atoms with Crippen LogP contribution in [0.1, 0.15) is 34.5 Å². The zero-order valence-corrected chi connectivity index (χ0v) is 12.9. The smallest absolute Gasteiger partial charge is 0.269 e. The van der Waals surface area contributed by atoms with Crippen LogP contribution in [0, 0.1) is 13.8 Å². The van der Waals surface area contributed by atoms with Crippen molar-refractivity contribution in [2.75, 3.05) is 6.54 Å². The molecule has 2 heterocycles. The van der Waals surface area contributed by atoms with Crippen molar-refractivity contribution in [3.63, 3.8) is 0 Å². The molecule has 0 radical (unpaired) electrons. The molecule has 1 unspecified atom stereocenters. The molecule has 0 aliphatic heterocycles. The molecule has 6 heteroatoms. The van der Waals surface area contributed by atoms with Gasteiger partial charge >= 0.3 is 0 Å². The molecule has 0 aliphatic carbocycles. The van der Waals surface area contributed by atoms with E-state index >= 15 is 0 Å². The van der Waals surface area contributed by atoms with E-state index in [0.29, 0.717) is 22.1 Å². The van der Waals surface area contributed by atoms with Gasteiger partial charge in [-0.15, -0.1) is 0 Å². The Kier molecular flexibility index (Phi) is 4.34. The summed E-state index contributed by atoms with van der Waals surface area (Å²) in [6.07, 6.45) is 1.40. The second-order valence-corrected chi connectivity index (χ2v) is 5.58. The van der Waals surface area contributed by atoms with Gasteiger partial charge in [-0.3, -0.25) is 4.79 Å². The van der Waals surface area contributed by atoms with Crippen molar-refractivity contribution >= 4 is 17.5 Å². The maximum absolute atomic E-state index is 12.0. The van der Waals surface area contributed by atoms with Crippen LogP contribution in [-0.4, -0.2) is 22.5 Å². The van der Waals surface area contributed by atoms with Crippen LogP contribution in [0.25, 0.3) is 0 Å². The van der Waals surface area contributed by atoms with Gasteiger partial charge in [0.2, 0.25) is 0 Å². The number of rotatable bonds is 4. The maximum Gasteiger partial charge on any atom is 0.269 e. The Morgan fingerprint density at radius 1 is 1.48 bits per heavy atom. The highest BCUT2D eigenvalue weighted by Gasteiger charge is 2.28. The summed E-state index contributed by atoms with van der Waals surface area (Å²) >= 11 is 5.72. The third-order valence-corrected chi connectivity index (χ3v) is 3.40. The molecule has 0 saturated heterocycles. The number of aliphatic hydroxyl groups is 1. The Hall–Kier alpha value is -1.85. The summed E-state index contributed by atoms with van der Waals surface area (Å²) in [6.45, 7) is 5.26. The van der Waals surface area contributed by atoms with Gasteiger partial charge < -0.3 is 14.8 Å². The first kappa shape index (κ1) is 15.5. The third-order valence-electron chi connectivity index (χ3n) is 3.17. The molecule has 0 aliphatic rings. The largest absolute Gasteiger partial charge is 0.466 e. The van der Waals surface area contributed by atoms with Gasteiger partial charge in [-0.25, -0.2) is 4.98 Å². The molecule has 0 fully saturated rings. The van der Waals surface area contributed by atoms with Crippen molar-refractivity contribution in [2.24, 2.45) is 0 Å². The normalized spacial score (nSPS) is 13.8. The van der Waals surface area contributed by atoms with Gasteiger partial charge in [0.15, 0.2) is 0 Å².